The standard InChI is InChI=1S/C39H67O10P/c1-3-5-7-9-11-12-13-14-15-16-17-19-25-31-38(42)47-33-37(34-48-50(44,45)46)49-39(43)32-26-30-36(41)29-24-21-20-23-28-35(40)27-22-18-10-8-6-4-2/h12-13,18,20-24,28-29,35-37,40-41H,3-11,14-17,19,25-27,30-34H2,1-2H3,(H2,44,45,46)/b13-12-,21-20+,22-18-,28-23+,29-24-/t35-,36-,37+/m0/s1. The van der Waals surface area contributed by atoms with E-state index in [1.54, 1.807) is 36.5 Å². The van der Waals surface area contributed by atoms with E-state index in [-0.39, 0.29) is 25.9 Å². The Kier molecular flexibility index (Phi) is 32.2. The maximum atomic E-state index is 12.4. The molecule has 0 heterocycles. The fraction of sp³-hybridized carbons (Fsp3) is 0.692. The Balaban J connectivity index is 4.30. The van der Waals surface area contributed by atoms with Gasteiger partial charge in [-0.1, -0.05) is 126 Å². The number of carbonyl (C=O) groups is 2. The van der Waals surface area contributed by atoms with Crippen LogP contribution in [0, 0.1) is 0 Å². The van der Waals surface area contributed by atoms with Crippen molar-refractivity contribution in [3.63, 3.8) is 0 Å². The van der Waals surface area contributed by atoms with Gasteiger partial charge in [0.15, 0.2) is 6.10 Å². The lowest BCUT2D eigenvalue weighted by Crippen LogP contribution is -2.29. The highest BCUT2D eigenvalue weighted by Crippen LogP contribution is 2.36. The number of allylic oxidation sites excluding steroid dienone is 7. The highest BCUT2D eigenvalue weighted by molar-refractivity contribution is 7.46. The quantitative estimate of drug-likeness (QED) is 0.0169. The first-order chi connectivity index (χ1) is 24.1. The van der Waals surface area contributed by atoms with E-state index in [1.165, 1.54) is 44.9 Å². The van der Waals surface area contributed by atoms with Gasteiger partial charge in [0.2, 0.25) is 0 Å². The van der Waals surface area contributed by atoms with Crippen LogP contribution in [-0.4, -0.2) is 63.5 Å². The molecule has 0 aromatic rings. The molecule has 0 aliphatic heterocycles. The van der Waals surface area contributed by atoms with Crippen molar-refractivity contribution in [1.82, 2.24) is 0 Å². The van der Waals surface area contributed by atoms with E-state index < -0.39 is 44.7 Å². The van der Waals surface area contributed by atoms with Gasteiger partial charge in [-0.15, -0.1) is 0 Å². The van der Waals surface area contributed by atoms with Gasteiger partial charge in [-0.3, -0.25) is 14.1 Å². The summed E-state index contributed by atoms with van der Waals surface area (Å²) >= 11 is 0. The smallest absolute Gasteiger partial charge is 0.462 e. The molecule has 10 nitrogen and oxygen atoms in total. The highest BCUT2D eigenvalue weighted by Gasteiger charge is 2.23. The number of rotatable bonds is 33. The van der Waals surface area contributed by atoms with E-state index in [0.29, 0.717) is 19.3 Å². The first-order valence-corrected chi connectivity index (χ1v) is 20.3. The third kappa shape index (κ3) is 35.5. The molecule has 50 heavy (non-hydrogen) atoms. The summed E-state index contributed by atoms with van der Waals surface area (Å²) in [5.74, 6) is -1.14. The van der Waals surface area contributed by atoms with Crippen LogP contribution in [0.4, 0.5) is 0 Å². The normalized spacial score (nSPS) is 14.4. The monoisotopic (exact) mass is 726 g/mol. The third-order valence-corrected chi connectivity index (χ3v) is 8.18. The molecule has 0 saturated heterocycles. The fourth-order valence-electron chi connectivity index (χ4n) is 4.79. The van der Waals surface area contributed by atoms with Crippen molar-refractivity contribution in [2.75, 3.05) is 13.2 Å². The fourth-order valence-corrected chi connectivity index (χ4v) is 5.16. The Morgan fingerprint density at radius 1 is 0.620 bits per heavy atom. The van der Waals surface area contributed by atoms with Crippen LogP contribution in [0.1, 0.15) is 142 Å². The SMILES string of the molecule is CCCCC/C=C\C[C@H](O)/C=C/C=C/C=C\[C@H](O)CCCC(=O)O[C@H](COC(=O)CCCCCCC/C=C\CCCCCC)COP(=O)(O)O. The Morgan fingerprint density at radius 3 is 1.78 bits per heavy atom. The van der Waals surface area contributed by atoms with E-state index in [1.807, 2.05) is 6.08 Å². The average Bonchev–Trinajstić information content (AvgIpc) is 3.07. The molecule has 288 valence electrons. The molecule has 0 unspecified atom stereocenters. The maximum absolute atomic E-state index is 12.4. The second-order valence-electron chi connectivity index (χ2n) is 12.6. The summed E-state index contributed by atoms with van der Waals surface area (Å²) in [6.45, 7) is 3.37. The maximum Gasteiger partial charge on any atom is 0.469 e. The second kappa shape index (κ2) is 33.8. The summed E-state index contributed by atoms with van der Waals surface area (Å²) in [5.41, 5.74) is 0. The summed E-state index contributed by atoms with van der Waals surface area (Å²) in [4.78, 5) is 42.7. The number of carbonyl (C=O) groups excluding carboxylic acids is 2. The summed E-state index contributed by atoms with van der Waals surface area (Å²) in [7, 11) is -4.82. The van der Waals surface area contributed by atoms with Crippen LogP contribution in [0.3, 0.4) is 0 Å². The van der Waals surface area contributed by atoms with Gasteiger partial charge in [-0.25, -0.2) is 4.57 Å². The van der Waals surface area contributed by atoms with Gasteiger partial charge in [0.25, 0.3) is 0 Å². The lowest BCUT2D eigenvalue weighted by molar-refractivity contribution is -0.161. The molecular formula is C39H67O10P. The van der Waals surface area contributed by atoms with E-state index in [0.717, 1.165) is 44.9 Å². The van der Waals surface area contributed by atoms with E-state index in [4.69, 9.17) is 19.3 Å². The van der Waals surface area contributed by atoms with Crippen molar-refractivity contribution in [2.45, 2.75) is 161 Å². The van der Waals surface area contributed by atoms with Crippen LogP contribution in [-0.2, 0) is 28.2 Å². The van der Waals surface area contributed by atoms with Crippen LogP contribution in [0.5, 0.6) is 0 Å². The molecule has 0 bridgehead atoms. The van der Waals surface area contributed by atoms with Crippen LogP contribution in [0.25, 0.3) is 0 Å². The zero-order valence-electron chi connectivity index (χ0n) is 30.7. The minimum Gasteiger partial charge on any atom is -0.462 e. The Hall–Kier alpha value is -2.33. The van der Waals surface area contributed by atoms with E-state index in [2.05, 4.69) is 36.6 Å². The molecule has 0 aliphatic carbocycles. The molecule has 11 heteroatoms. The summed E-state index contributed by atoms with van der Waals surface area (Å²) in [6.07, 6.45) is 34.3. The molecule has 0 aromatic carbocycles. The first-order valence-electron chi connectivity index (χ1n) is 18.8. The van der Waals surface area contributed by atoms with Crippen molar-refractivity contribution in [3.8, 4) is 0 Å². The number of aliphatic hydroxyl groups is 2. The number of phosphoric ester groups is 1. The zero-order chi connectivity index (χ0) is 37.1. The number of phosphoric acid groups is 1. The summed E-state index contributed by atoms with van der Waals surface area (Å²) in [5, 5.41) is 20.1. The number of esters is 2. The molecule has 0 aliphatic rings. The molecule has 0 fully saturated rings. The van der Waals surface area contributed by atoms with Gasteiger partial charge in [0, 0.05) is 12.8 Å². The summed E-state index contributed by atoms with van der Waals surface area (Å²) in [6, 6.07) is 0. The molecule has 0 aromatic heterocycles. The van der Waals surface area contributed by atoms with Crippen LogP contribution in [0.15, 0.2) is 60.8 Å². The minimum atomic E-state index is -4.82. The summed E-state index contributed by atoms with van der Waals surface area (Å²) < 4.78 is 26.1. The van der Waals surface area contributed by atoms with Gasteiger partial charge in [-0.05, 0) is 64.2 Å². The third-order valence-electron chi connectivity index (χ3n) is 7.70. The van der Waals surface area contributed by atoms with Gasteiger partial charge < -0.3 is 29.5 Å². The molecule has 0 rings (SSSR count). The predicted molar refractivity (Wildman–Crippen MR) is 200 cm³/mol. The number of ether oxygens (including phenoxy) is 2. The van der Waals surface area contributed by atoms with Crippen molar-refractivity contribution in [2.24, 2.45) is 0 Å². The number of hydrogen-bond acceptors (Lipinski definition) is 8. The van der Waals surface area contributed by atoms with Gasteiger partial charge in [0.1, 0.15) is 6.61 Å². The average molecular weight is 727 g/mol. The minimum absolute atomic E-state index is 0.0521. The lowest BCUT2D eigenvalue weighted by Gasteiger charge is -2.18. The lowest BCUT2D eigenvalue weighted by atomic mass is 10.1. The van der Waals surface area contributed by atoms with Crippen molar-refractivity contribution in [3.05, 3.63) is 60.8 Å². The zero-order valence-corrected chi connectivity index (χ0v) is 31.6. The van der Waals surface area contributed by atoms with Crippen LogP contribution < -0.4 is 0 Å². The highest BCUT2D eigenvalue weighted by atomic mass is 31.2. The molecule has 4 N–H and O–H groups in total. The molecule has 0 radical (unpaired) electrons. The molecule has 3 atom stereocenters. The first kappa shape index (κ1) is 47.7. The molecular weight excluding hydrogens is 659 g/mol. The predicted octanol–water partition coefficient (Wildman–Crippen LogP) is 8.90. The second-order valence-corrected chi connectivity index (χ2v) is 13.8. The van der Waals surface area contributed by atoms with E-state index >= 15 is 0 Å². The van der Waals surface area contributed by atoms with Gasteiger partial charge >= 0.3 is 19.8 Å². The number of aliphatic hydroxyl groups excluding tert-OH is 2. The van der Waals surface area contributed by atoms with Crippen LogP contribution in [0.2, 0.25) is 0 Å². The van der Waals surface area contributed by atoms with Gasteiger partial charge in [0.05, 0.1) is 18.8 Å². The largest absolute Gasteiger partial charge is 0.469 e. The Bertz CT molecular complexity index is 1030. The molecule has 0 spiro atoms. The Morgan fingerprint density at radius 2 is 1.14 bits per heavy atom. The van der Waals surface area contributed by atoms with Crippen molar-refractivity contribution < 1.29 is 48.2 Å². The number of hydrogen-bond donors (Lipinski definition) is 4. The Labute approximate surface area is 302 Å². The van der Waals surface area contributed by atoms with Crippen LogP contribution >= 0.6 is 7.82 Å². The molecule has 0 amide bonds. The van der Waals surface area contributed by atoms with Crippen molar-refractivity contribution in [1.29, 1.82) is 0 Å². The number of unbranched alkanes of at least 4 members (excludes halogenated alkanes) is 12. The molecule has 0 saturated carbocycles. The van der Waals surface area contributed by atoms with Gasteiger partial charge in [-0.2, -0.15) is 0 Å². The topological polar surface area (TPSA) is 160 Å². The van der Waals surface area contributed by atoms with Crippen molar-refractivity contribution >= 4 is 19.8 Å². The van der Waals surface area contributed by atoms with E-state index in [9.17, 15) is 24.4 Å².